The highest BCUT2D eigenvalue weighted by molar-refractivity contribution is 5.74. The SMILES string of the molecule is O=C(NCc1ccccc1)N1CCCN(C(=O)OCc2ccccc2)CC1. The summed E-state index contributed by atoms with van der Waals surface area (Å²) < 4.78 is 5.39. The van der Waals surface area contributed by atoms with E-state index in [1.165, 1.54) is 0 Å². The number of benzene rings is 2. The summed E-state index contributed by atoms with van der Waals surface area (Å²) in [7, 11) is 0. The molecule has 142 valence electrons. The van der Waals surface area contributed by atoms with E-state index < -0.39 is 0 Å². The number of ether oxygens (including phenoxy) is 1. The highest BCUT2D eigenvalue weighted by Crippen LogP contribution is 2.08. The zero-order valence-corrected chi connectivity index (χ0v) is 15.3. The number of nitrogens with zero attached hydrogens (tertiary/aromatic N) is 2. The van der Waals surface area contributed by atoms with Gasteiger partial charge < -0.3 is 19.9 Å². The van der Waals surface area contributed by atoms with Crippen molar-refractivity contribution in [2.75, 3.05) is 26.2 Å². The van der Waals surface area contributed by atoms with E-state index in [9.17, 15) is 9.59 Å². The molecule has 1 aliphatic rings. The Hall–Kier alpha value is -3.02. The van der Waals surface area contributed by atoms with Crippen molar-refractivity contribution < 1.29 is 14.3 Å². The fraction of sp³-hybridized carbons (Fsp3) is 0.333. The number of amides is 3. The van der Waals surface area contributed by atoms with Gasteiger partial charge in [0.2, 0.25) is 0 Å². The van der Waals surface area contributed by atoms with Crippen LogP contribution in [-0.2, 0) is 17.9 Å². The van der Waals surface area contributed by atoms with E-state index in [1.807, 2.05) is 60.7 Å². The molecule has 6 heteroatoms. The third kappa shape index (κ3) is 5.74. The van der Waals surface area contributed by atoms with Crippen molar-refractivity contribution in [2.24, 2.45) is 0 Å². The van der Waals surface area contributed by atoms with Gasteiger partial charge in [-0.2, -0.15) is 0 Å². The zero-order valence-electron chi connectivity index (χ0n) is 15.3. The summed E-state index contributed by atoms with van der Waals surface area (Å²) in [5.41, 5.74) is 2.02. The summed E-state index contributed by atoms with van der Waals surface area (Å²) in [5.74, 6) is 0. The molecule has 6 nitrogen and oxygen atoms in total. The quantitative estimate of drug-likeness (QED) is 0.902. The molecule has 0 unspecified atom stereocenters. The normalized spacial score (nSPS) is 14.4. The van der Waals surface area contributed by atoms with Crippen LogP contribution in [-0.4, -0.2) is 48.1 Å². The average Bonchev–Trinajstić information content (AvgIpc) is 2.98. The Bertz CT molecular complexity index is 673. The van der Waals surface area contributed by atoms with E-state index in [2.05, 4.69) is 5.32 Å². The largest absolute Gasteiger partial charge is 0.445 e. The molecule has 1 saturated heterocycles. The minimum atomic E-state index is -0.328. The van der Waals surface area contributed by atoms with E-state index >= 15 is 0 Å². The van der Waals surface area contributed by atoms with Crippen LogP contribution >= 0.6 is 0 Å². The maximum atomic E-state index is 12.4. The first-order valence-electron chi connectivity index (χ1n) is 9.25. The summed E-state index contributed by atoms with van der Waals surface area (Å²) in [6.45, 7) is 2.96. The van der Waals surface area contributed by atoms with Crippen molar-refractivity contribution in [1.29, 1.82) is 0 Å². The van der Waals surface area contributed by atoms with Crippen LogP contribution in [0.25, 0.3) is 0 Å². The van der Waals surface area contributed by atoms with Gasteiger partial charge in [0.25, 0.3) is 0 Å². The van der Waals surface area contributed by atoms with E-state index in [0.717, 1.165) is 17.5 Å². The summed E-state index contributed by atoms with van der Waals surface area (Å²) in [6.07, 6.45) is 0.407. The van der Waals surface area contributed by atoms with Crippen molar-refractivity contribution in [2.45, 2.75) is 19.6 Å². The maximum absolute atomic E-state index is 12.4. The van der Waals surface area contributed by atoms with Gasteiger partial charge in [-0.15, -0.1) is 0 Å². The molecule has 27 heavy (non-hydrogen) atoms. The van der Waals surface area contributed by atoms with Crippen molar-refractivity contribution in [3.8, 4) is 0 Å². The third-order valence-electron chi connectivity index (χ3n) is 4.53. The maximum Gasteiger partial charge on any atom is 0.410 e. The molecule has 0 saturated carbocycles. The highest BCUT2D eigenvalue weighted by atomic mass is 16.6. The van der Waals surface area contributed by atoms with Gasteiger partial charge in [-0.3, -0.25) is 0 Å². The number of hydrogen-bond acceptors (Lipinski definition) is 3. The highest BCUT2D eigenvalue weighted by Gasteiger charge is 2.22. The number of carbonyl (C=O) groups excluding carboxylic acids is 2. The summed E-state index contributed by atoms with van der Waals surface area (Å²) in [4.78, 5) is 28.1. The van der Waals surface area contributed by atoms with Crippen LogP contribution < -0.4 is 5.32 Å². The van der Waals surface area contributed by atoms with Crippen molar-refractivity contribution >= 4 is 12.1 Å². The third-order valence-corrected chi connectivity index (χ3v) is 4.53. The number of urea groups is 1. The van der Waals surface area contributed by atoms with Crippen molar-refractivity contribution in [1.82, 2.24) is 15.1 Å². The van der Waals surface area contributed by atoms with Gasteiger partial charge in [0.1, 0.15) is 6.61 Å². The minimum Gasteiger partial charge on any atom is -0.445 e. The molecule has 1 fully saturated rings. The van der Waals surface area contributed by atoms with Crippen LogP contribution in [0.1, 0.15) is 17.5 Å². The predicted molar refractivity (Wildman–Crippen MR) is 103 cm³/mol. The molecule has 3 rings (SSSR count). The van der Waals surface area contributed by atoms with Gasteiger partial charge in [0.15, 0.2) is 0 Å². The lowest BCUT2D eigenvalue weighted by Crippen LogP contribution is -2.42. The molecule has 1 N–H and O–H groups in total. The van der Waals surface area contributed by atoms with Gasteiger partial charge in [0.05, 0.1) is 0 Å². The van der Waals surface area contributed by atoms with Crippen LogP contribution in [0, 0.1) is 0 Å². The van der Waals surface area contributed by atoms with Crippen LogP contribution in [0.2, 0.25) is 0 Å². The molecular weight excluding hydrogens is 342 g/mol. The van der Waals surface area contributed by atoms with Gasteiger partial charge in [-0.1, -0.05) is 60.7 Å². The molecule has 0 atom stereocenters. The molecule has 0 aliphatic carbocycles. The Kier molecular flexibility index (Phi) is 6.68. The molecule has 2 aromatic rings. The van der Waals surface area contributed by atoms with E-state index in [-0.39, 0.29) is 18.7 Å². The second kappa shape index (κ2) is 9.62. The molecule has 1 aliphatic heterocycles. The summed E-state index contributed by atoms with van der Waals surface area (Å²) in [5, 5.41) is 2.94. The predicted octanol–water partition coefficient (Wildman–Crippen LogP) is 3.24. The van der Waals surface area contributed by atoms with Crippen molar-refractivity contribution in [3.05, 3.63) is 71.8 Å². The Labute approximate surface area is 159 Å². The van der Waals surface area contributed by atoms with E-state index in [1.54, 1.807) is 9.80 Å². The Morgan fingerprint density at radius 2 is 1.41 bits per heavy atom. The fourth-order valence-corrected chi connectivity index (χ4v) is 3.00. The first-order valence-corrected chi connectivity index (χ1v) is 9.25. The van der Waals surface area contributed by atoms with Gasteiger partial charge in [-0.05, 0) is 17.5 Å². The first-order chi connectivity index (χ1) is 13.2. The second-order valence-electron chi connectivity index (χ2n) is 6.51. The molecule has 0 aromatic heterocycles. The van der Waals surface area contributed by atoms with Gasteiger partial charge >= 0.3 is 12.1 Å². The second-order valence-corrected chi connectivity index (χ2v) is 6.51. The number of carbonyl (C=O) groups is 2. The number of rotatable bonds is 4. The lowest BCUT2D eigenvalue weighted by molar-refractivity contribution is 0.0975. The van der Waals surface area contributed by atoms with Crippen LogP contribution in [0.5, 0.6) is 0 Å². The average molecular weight is 367 g/mol. The first kappa shape index (κ1) is 18.8. The number of nitrogens with one attached hydrogen (secondary N) is 1. The van der Waals surface area contributed by atoms with Crippen LogP contribution in [0.3, 0.4) is 0 Å². The molecule has 0 bridgehead atoms. The van der Waals surface area contributed by atoms with Gasteiger partial charge in [0, 0.05) is 32.7 Å². The molecule has 3 amide bonds. The standard InChI is InChI=1S/C21H25N3O3/c25-20(22-16-18-8-3-1-4-9-18)23-12-7-13-24(15-14-23)21(26)27-17-19-10-5-2-6-11-19/h1-6,8-11H,7,12-17H2,(H,22,25). The minimum absolute atomic E-state index is 0.0987. The molecule has 0 radical (unpaired) electrons. The Morgan fingerprint density at radius 1 is 0.815 bits per heavy atom. The topological polar surface area (TPSA) is 61.9 Å². The Balaban J connectivity index is 1.43. The zero-order chi connectivity index (χ0) is 18.9. The van der Waals surface area contributed by atoms with Gasteiger partial charge in [-0.25, -0.2) is 9.59 Å². The molecule has 1 heterocycles. The molecular formula is C21H25N3O3. The lowest BCUT2D eigenvalue weighted by Gasteiger charge is -2.22. The van der Waals surface area contributed by atoms with E-state index in [4.69, 9.17) is 4.74 Å². The lowest BCUT2D eigenvalue weighted by atomic mass is 10.2. The monoisotopic (exact) mass is 367 g/mol. The number of hydrogen-bond donors (Lipinski definition) is 1. The smallest absolute Gasteiger partial charge is 0.410 e. The van der Waals surface area contributed by atoms with Crippen LogP contribution in [0.15, 0.2) is 60.7 Å². The Morgan fingerprint density at radius 3 is 2.11 bits per heavy atom. The summed E-state index contributed by atoms with van der Waals surface area (Å²) >= 11 is 0. The fourth-order valence-electron chi connectivity index (χ4n) is 3.00. The van der Waals surface area contributed by atoms with Crippen molar-refractivity contribution in [3.63, 3.8) is 0 Å². The van der Waals surface area contributed by atoms with Crippen LogP contribution in [0.4, 0.5) is 9.59 Å². The summed E-state index contributed by atoms with van der Waals surface area (Å²) in [6, 6.07) is 19.3. The molecule has 0 spiro atoms. The van der Waals surface area contributed by atoms with E-state index in [0.29, 0.717) is 32.7 Å². The molecule has 2 aromatic carbocycles.